The van der Waals surface area contributed by atoms with Gasteiger partial charge in [0, 0.05) is 29.1 Å². The maximum Gasteiger partial charge on any atom is 0.254 e. The molecule has 3 aromatic rings. The fourth-order valence-corrected chi connectivity index (χ4v) is 5.60. The number of hydrogen-bond donors (Lipinski definition) is 1. The molecule has 1 amide bonds. The standard InChI is InChI=1S/C25H27N3O2/c1-15(29)16-5-6-17-13-22-24(2,3)25(4,19(17)11-16)9-10-28(22)23(30)18-7-8-20-21(12-18)27-14-26-20/h5-8,11-12,14,22H,9-10,13H2,1-4H3,(H,26,27)/t22?,25-/m0/s1. The first kappa shape index (κ1) is 19.0. The van der Waals surface area contributed by atoms with E-state index in [1.165, 1.54) is 11.1 Å². The summed E-state index contributed by atoms with van der Waals surface area (Å²) in [6, 6.07) is 11.9. The number of nitrogens with zero attached hydrogens (tertiary/aromatic N) is 2. The van der Waals surface area contributed by atoms with E-state index in [0.29, 0.717) is 12.1 Å². The number of piperidine rings is 1. The molecule has 2 aliphatic rings. The number of likely N-dealkylation sites (tertiary alicyclic amines) is 1. The molecule has 1 aromatic heterocycles. The third-order valence-corrected chi connectivity index (χ3v) is 7.94. The zero-order valence-electron chi connectivity index (χ0n) is 18.0. The van der Waals surface area contributed by atoms with E-state index in [4.69, 9.17) is 0 Å². The Hall–Kier alpha value is -2.95. The maximum absolute atomic E-state index is 13.6. The molecule has 1 fully saturated rings. The van der Waals surface area contributed by atoms with Crippen molar-refractivity contribution in [2.45, 2.75) is 52.0 Å². The number of rotatable bonds is 2. The number of Topliss-reactive ketones (excluding diaryl/α,β-unsaturated/α-hetero) is 1. The van der Waals surface area contributed by atoms with Gasteiger partial charge in [-0.25, -0.2) is 4.98 Å². The van der Waals surface area contributed by atoms with E-state index in [1.54, 1.807) is 13.3 Å². The number of benzene rings is 2. The molecular weight excluding hydrogens is 374 g/mol. The highest BCUT2D eigenvalue weighted by Crippen LogP contribution is 2.56. The van der Waals surface area contributed by atoms with E-state index in [1.807, 2.05) is 24.3 Å². The van der Waals surface area contributed by atoms with Gasteiger partial charge in [-0.2, -0.15) is 0 Å². The Labute approximate surface area is 176 Å². The molecule has 2 atom stereocenters. The molecule has 1 aliphatic heterocycles. The minimum absolute atomic E-state index is 0.0791. The number of hydrogen-bond acceptors (Lipinski definition) is 3. The highest BCUT2D eigenvalue weighted by Gasteiger charge is 2.56. The van der Waals surface area contributed by atoms with Crippen molar-refractivity contribution >= 4 is 22.7 Å². The summed E-state index contributed by atoms with van der Waals surface area (Å²) in [5, 5.41) is 0. The Morgan fingerprint density at radius 2 is 1.87 bits per heavy atom. The predicted molar refractivity (Wildman–Crippen MR) is 117 cm³/mol. The summed E-state index contributed by atoms with van der Waals surface area (Å²) in [7, 11) is 0. The molecule has 1 aliphatic carbocycles. The summed E-state index contributed by atoms with van der Waals surface area (Å²) >= 11 is 0. The van der Waals surface area contributed by atoms with E-state index in [0.717, 1.165) is 29.4 Å². The van der Waals surface area contributed by atoms with Crippen LogP contribution in [0.15, 0.2) is 42.7 Å². The summed E-state index contributed by atoms with van der Waals surface area (Å²) < 4.78 is 0. The van der Waals surface area contributed by atoms with Crippen molar-refractivity contribution in [1.82, 2.24) is 14.9 Å². The van der Waals surface area contributed by atoms with Gasteiger partial charge in [-0.1, -0.05) is 32.9 Å². The van der Waals surface area contributed by atoms with E-state index in [-0.39, 0.29) is 28.6 Å². The Balaban J connectivity index is 1.56. The molecule has 1 saturated heterocycles. The number of ketones is 1. The molecule has 2 aromatic carbocycles. The Bertz CT molecular complexity index is 1190. The molecule has 154 valence electrons. The quantitative estimate of drug-likeness (QED) is 0.642. The number of imidazole rings is 1. The first-order chi connectivity index (χ1) is 14.2. The zero-order valence-corrected chi connectivity index (χ0v) is 18.0. The molecule has 30 heavy (non-hydrogen) atoms. The first-order valence-corrected chi connectivity index (χ1v) is 10.6. The van der Waals surface area contributed by atoms with Gasteiger partial charge in [0.15, 0.2) is 5.78 Å². The number of aromatic amines is 1. The lowest BCUT2D eigenvalue weighted by Crippen LogP contribution is -2.64. The predicted octanol–water partition coefficient (Wildman–Crippen LogP) is 4.52. The number of fused-ring (bicyclic) bond motifs is 5. The molecule has 5 rings (SSSR count). The largest absolute Gasteiger partial charge is 0.345 e. The molecule has 2 bridgehead atoms. The van der Waals surface area contributed by atoms with E-state index < -0.39 is 0 Å². The second-order valence-electron chi connectivity index (χ2n) is 9.58. The maximum atomic E-state index is 13.6. The van der Waals surface area contributed by atoms with Crippen LogP contribution in [0.25, 0.3) is 11.0 Å². The van der Waals surface area contributed by atoms with Crippen molar-refractivity contribution in [3.63, 3.8) is 0 Å². The lowest BCUT2D eigenvalue weighted by molar-refractivity contribution is -0.0262. The van der Waals surface area contributed by atoms with Crippen LogP contribution in [0.3, 0.4) is 0 Å². The number of H-pyrrole nitrogens is 1. The number of amides is 1. The van der Waals surface area contributed by atoms with Gasteiger partial charge in [0.25, 0.3) is 5.91 Å². The molecule has 0 radical (unpaired) electrons. The molecular formula is C25H27N3O2. The minimum Gasteiger partial charge on any atom is -0.345 e. The Morgan fingerprint density at radius 1 is 1.10 bits per heavy atom. The van der Waals surface area contributed by atoms with Gasteiger partial charge in [-0.15, -0.1) is 0 Å². The van der Waals surface area contributed by atoms with Gasteiger partial charge in [-0.3, -0.25) is 9.59 Å². The fourth-order valence-electron chi connectivity index (χ4n) is 5.60. The third-order valence-electron chi connectivity index (χ3n) is 7.94. The number of carbonyl (C=O) groups is 2. The summed E-state index contributed by atoms with van der Waals surface area (Å²) in [5.74, 6) is 0.179. The van der Waals surface area contributed by atoms with Crippen LogP contribution in [0, 0.1) is 5.41 Å². The molecule has 0 spiro atoms. The normalized spacial score (nSPS) is 24.5. The van der Waals surface area contributed by atoms with Crippen LogP contribution in [0.1, 0.15) is 66.0 Å². The second kappa shape index (κ2) is 6.27. The first-order valence-electron chi connectivity index (χ1n) is 10.6. The second-order valence-corrected chi connectivity index (χ2v) is 9.58. The summed E-state index contributed by atoms with van der Waals surface area (Å²) in [6.45, 7) is 9.20. The summed E-state index contributed by atoms with van der Waals surface area (Å²) in [6.07, 6.45) is 3.35. The van der Waals surface area contributed by atoms with Gasteiger partial charge >= 0.3 is 0 Å². The van der Waals surface area contributed by atoms with E-state index in [9.17, 15) is 9.59 Å². The Kier molecular flexibility index (Phi) is 3.98. The topological polar surface area (TPSA) is 66.1 Å². The van der Waals surface area contributed by atoms with Crippen LogP contribution in [-0.4, -0.2) is 39.1 Å². The summed E-state index contributed by atoms with van der Waals surface area (Å²) in [5.41, 5.74) is 5.57. The molecule has 5 heteroatoms. The van der Waals surface area contributed by atoms with E-state index in [2.05, 4.69) is 47.8 Å². The highest BCUT2D eigenvalue weighted by atomic mass is 16.2. The zero-order chi connectivity index (χ0) is 21.3. The van der Waals surface area contributed by atoms with Gasteiger partial charge < -0.3 is 9.88 Å². The third kappa shape index (κ3) is 2.51. The SMILES string of the molecule is CC(=O)c1ccc2c(c1)[C@]1(C)CCN(C(=O)c3ccc4nc[nH]c4c3)C(C2)C1(C)C. The minimum atomic E-state index is -0.110. The van der Waals surface area contributed by atoms with E-state index >= 15 is 0 Å². The molecule has 1 N–H and O–H groups in total. The van der Waals surface area contributed by atoms with Crippen LogP contribution in [0.2, 0.25) is 0 Å². The fraction of sp³-hybridized carbons (Fsp3) is 0.400. The van der Waals surface area contributed by atoms with Gasteiger partial charge in [0.05, 0.1) is 17.4 Å². The molecule has 0 saturated carbocycles. The Morgan fingerprint density at radius 3 is 2.63 bits per heavy atom. The van der Waals surface area contributed by atoms with Crippen molar-refractivity contribution in [2.24, 2.45) is 5.41 Å². The number of carbonyl (C=O) groups excluding carboxylic acids is 2. The van der Waals surface area contributed by atoms with Crippen molar-refractivity contribution < 1.29 is 9.59 Å². The highest BCUT2D eigenvalue weighted by molar-refractivity contribution is 5.98. The number of aromatic nitrogens is 2. The van der Waals surface area contributed by atoms with Gasteiger partial charge in [0.2, 0.25) is 0 Å². The molecule has 2 heterocycles. The van der Waals surface area contributed by atoms with Crippen LogP contribution < -0.4 is 0 Å². The van der Waals surface area contributed by atoms with Gasteiger partial charge in [-0.05, 0) is 60.6 Å². The van der Waals surface area contributed by atoms with Crippen molar-refractivity contribution in [3.8, 4) is 0 Å². The van der Waals surface area contributed by atoms with Crippen LogP contribution in [0.5, 0.6) is 0 Å². The molecule has 1 unspecified atom stereocenters. The average Bonchev–Trinajstić information content (AvgIpc) is 3.18. The van der Waals surface area contributed by atoms with Crippen molar-refractivity contribution in [2.75, 3.05) is 6.54 Å². The van der Waals surface area contributed by atoms with Crippen molar-refractivity contribution in [3.05, 3.63) is 65.0 Å². The summed E-state index contributed by atoms with van der Waals surface area (Å²) in [4.78, 5) is 35.0. The van der Waals surface area contributed by atoms with Crippen LogP contribution >= 0.6 is 0 Å². The average molecular weight is 402 g/mol. The lowest BCUT2D eigenvalue weighted by atomic mass is 9.51. The van der Waals surface area contributed by atoms with Gasteiger partial charge in [0.1, 0.15) is 0 Å². The lowest BCUT2D eigenvalue weighted by Gasteiger charge is -2.61. The smallest absolute Gasteiger partial charge is 0.254 e. The van der Waals surface area contributed by atoms with Crippen LogP contribution in [0.4, 0.5) is 0 Å². The number of nitrogens with one attached hydrogen (secondary N) is 1. The monoisotopic (exact) mass is 401 g/mol. The van der Waals surface area contributed by atoms with Crippen LogP contribution in [-0.2, 0) is 11.8 Å². The molecule has 5 nitrogen and oxygen atoms in total. The van der Waals surface area contributed by atoms with Crippen molar-refractivity contribution in [1.29, 1.82) is 0 Å².